The lowest BCUT2D eigenvalue weighted by atomic mass is 10.0. The molecule has 0 atom stereocenters. The predicted octanol–water partition coefficient (Wildman–Crippen LogP) is 3.82. The second-order valence-electron chi connectivity index (χ2n) is 8.61. The Kier molecular flexibility index (Phi) is 10.1. The minimum Gasteiger partial charge on any atom is -0.384 e. The molecule has 1 amide bonds. The summed E-state index contributed by atoms with van der Waals surface area (Å²) < 4.78 is 81.9. The summed E-state index contributed by atoms with van der Waals surface area (Å²) in [5.41, 5.74) is -0.787. The number of nitrogens with zero attached hydrogens (tertiary/aromatic N) is 2. The van der Waals surface area contributed by atoms with Crippen LogP contribution >= 0.6 is 12.4 Å². The zero-order chi connectivity index (χ0) is 25.8. The Morgan fingerprint density at radius 2 is 1.75 bits per heavy atom. The molecule has 36 heavy (non-hydrogen) atoms. The Morgan fingerprint density at radius 1 is 1.11 bits per heavy atom. The van der Waals surface area contributed by atoms with Gasteiger partial charge in [-0.05, 0) is 57.3 Å². The number of alkyl halides is 3. The van der Waals surface area contributed by atoms with Gasteiger partial charge in [0.05, 0.1) is 16.0 Å². The zero-order valence-electron chi connectivity index (χ0n) is 19.8. The number of anilines is 1. The molecule has 1 aliphatic heterocycles. The maximum absolute atomic E-state index is 14.6. The molecular weight excluding hydrogens is 524 g/mol. The molecule has 1 fully saturated rings. The van der Waals surface area contributed by atoms with Gasteiger partial charge in [-0.2, -0.15) is 13.2 Å². The fourth-order valence-electron chi connectivity index (χ4n) is 3.81. The molecule has 0 spiro atoms. The van der Waals surface area contributed by atoms with Crippen molar-refractivity contribution in [1.29, 1.82) is 0 Å². The number of halogens is 5. The number of hydrogen-bond donors (Lipinski definition) is 2. The van der Waals surface area contributed by atoms with Gasteiger partial charge in [-0.15, -0.1) is 12.4 Å². The van der Waals surface area contributed by atoms with Crippen LogP contribution in [0.1, 0.15) is 28.8 Å². The Bertz CT molecular complexity index is 1150. The van der Waals surface area contributed by atoms with Gasteiger partial charge >= 0.3 is 6.18 Å². The van der Waals surface area contributed by atoms with Crippen LogP contribution in [0.3, 0.4) is 0 Å². The number of likely N-dealkylation sites (tertiary alicyclic amines) is 1. The summed E-state index contributed by atoms with van der Waals surface area (Å²) in [6.07, 6.45) is -4.45. The van der Waals surface area contributed by atoms with Gasteiger partial charge in [0.25, 0.3) is 5.91 Å². The zero-order valence-corrected chi connectivity index (χ0v) is 21.4. The van der Waals surface area contributed by atoms with Crippen LogP contribution in [0, 0.1) is 5.82 Å². The van der Waals surface area contributed by atoms with Crippen LogP contribution in [0.4, 0.5) is 23.2 Å². The van der Waals surface area contributed by atoms with Crippen molar-refractivity contribution in [3.63, 3.8) is 0 Å². The van der Waals surface area contributed by atoms with Crippen LogP contribution in [-0.4, -0.2) is 70.4 Å². The molecule has 0 unspecified atom stereocenters. The number of hydrogen-bond acceptors (Lipinski definition) is 5. The Hall–Kier alpha value is -2.41. The number of piperidine rings is 1. The number of nitrogens with one attached hydrogen (secondary N) is 2. The lowest BCUT2D eigenvalue weighted by Crippen LogP contribution is -2.46. The largest absolute Gasteiger partial charge is 0.417 e. The van der Waals surface area contributed by atoms with Crippen LogP contribution in [0.5, 0.6) is 0 Å². The van der Waals surface area contributed by atoms with Crippen LogP contribution in [0.25, 0.3) is 0 Å². The highest BCUT2D eigenvalue weighted by Gasteiger charge is 2.38. The van der Waals surface area contributed by atoms with Crippen molar-refractivity contribution in [2.24, 2.45) is 0 Å². The molecule has 1 saturated heterocycles. The molecule has 13 heteroatoms. The minimum atomic E-state index is -4.82. The van der Waals surface area contributed by atoms with Crippen molar-refractivity contribution < 1.29 is 30.8 Å². The van der Waals surface area contributed by atoms with Crippen molar-refractivity contribution >= 4 is 34.0 Å². The average Bonchev–Trinajstić information content (AvgIpc) is 2.78. The average molecular weight is 553 g/mol. The van der Waals surface area contributed by atoms with Crippen molar-refractivity contribution in [2.45, 2.75) is 30.0 Å². The molecule has 2 N–H and O–H groups in total. The van der Waals surface area contributed by atoms with E-state index in [-0.39, 0.29) is 43.9 Å². The van der Waals surface area contributed by atoms with Gasteiger partial charge in [0.15, 0.2) is 0 Å². The van der Waals surface area contributed by atoms with Crippen molar-refractivity contribution in [3.05, 3.63) is 59.4 Å². The lowest BCUT2D eigenvalue weighted by molar-refractivity contribution is -0.139. The molecule has 0 bridgehead atoms. The highest BCUT2D eigenvalue weighted by Crippen LogP contribution is 2.34. The van der Waals surface area contributed by atoms with Crippen molar-refractivity contribution in [1.82, 2.24) is 14.5 Å². The Labute approximate surface area is 214 Å². The fourth-order valence-corrected chi connectivity index (χ4v) is 5.34. The van der Waals surface area contributed by atoms with Gasteiger partial charge in [0.2, 0.25) is 10.0 Å². The summed E-state index contributed by atoms with van der Waals surface area (Å²) in [6, 6.07) is 7.59. The van der Waals surface area contributed by atoms with Gasteiger partial charge < -0.3 is 15.1 Å². The summed E-state index contributed by atoms with van der Waals surface area (Å²) in [5, 5.41) is 3.07. The summed E-state index contributed by atoms with van der Waals surface area (Å²) in [4.78, 5) is 15.3. The molecule has 0 aromatic heterocycles. The molecule has 0 radical (unpaired) electrons. The number of amides is 1. The SMILES string of the molecule is CN(C)CCNc1ccc(C(=O)N2CCC(NS(=O)(=O)c3ccccc3C(F)(F)F)CC2)c(F)c1.Cl. The molecular formula is C23H29ClF4N4O3S. The second-order valence-corrected chi connectivity index (χ2v) is 10.3. The topological polar surface area (TPSA) is 81.8 Å². The van der Waals surface area contributed by atoms with E-state index >= 15 is 0 Å². The van der Waals surface area contributed by atoms with E-state index in [2.05, 4.69) is 10.0 Å². The third kappa shape index (κ3) is 7.55. The number of benzene rings is 2. The Morgan fingerprint density at radius 3 is 2.33 bits per heavy atom. The molecule has 2 aromatic carbocycles. The third-order valence-electron chi connectivity index (χ3n) is 5.67. The van der Waals surface area contributed by atoms with E-state index in [1.807, 2.05) is 19.0 Å². The summed E-state index contributed by atoms with van der Waals surface area (Å²) in [5.74, 6) is -1.19. The summed E-state index contributed by atoms with van der Waals surface area (Å²) in [7, 11) is -0.599. The quantitative estimate of drug-likeness (QED) is 0.487. The monoisotopic (exact) mass is 552 g/mol. The first kappa shape index (κ1) is 29.8. The van der Waals surface area contributed by atoms with Gasteiger partial charge in [-0.3, -0.25) is 4.79 Å². The molecule has 0 saturated carbocycles. The van der Waals surface area contributed by atoms with Gasteiger partial charge in [-0.1, -0.05) is 12.1 Å². The number of sulfonamides is 1. The fraction of sp³-hybridized carbons (Fsp3) is 0.435. The van der Waals surface area contributed by atoms with E-state index in [1.54, 1.807) is 6.07 Å². The summed E-state index contributed by atoms with van der Waals surface area (Å²) in [6.45, 7) is 1.63. The molecule has 7 nitrogen and oxygen atoms in total. The molecule has 3 rings (SSSR count). The highest BCUT2D eigenvalue weighted by molar-refractivity contribution is 7.89. The first-order valence-corrected chi connectivity index (χ1v) is 12.5. The van der Waals surface area contributed by atoms with Crippen LogP contribution in [0.15, 0.2) is 47.4 Å². The van der Waals surface area contributed by atoms with Crippen LogP contribution in [0.2, 0.25) is 0 Å². The first-order valence-electron chi connectivity index (χ1n) is 11.0. The molecule has 1 heterocycles. The van der Waals surface area contributed by atoms with E-state index in [0.29, 0.717) is 18.3 Å². The number of carbonyl (C=O) groups excluding carboxylic acids is 1. The molecule has 200 valence electrons. The molecule has 2 aromatic rings. The van der Waals surface area contributed by atoms with Crippen LogP contribution in [-0.2, 0) is 16.2 Å². The standard InChI is InChI=1S/C23H28F4N4O3S.ClH/c1-30(2)14-11-28-17-7-8-18(20(24)15-17)22(32)31-12-9-16(10-13-31)29-35(33,34)21-6-4-3-5-19(21)23(25,26)27;/h3-8,15-16,28-29H,9-14H2,1-2H3;1H. The smallest absolute Gasteiger partial charge is 0.384 e. The highest BCUT2D eigenvalue weighted by atomic mass is 35.5. The minimum absolute atomic E-state index is 0. The number of carbonyl (C=O) groups is 1. The maximum Gasteiger partial charge on any atom is 0.417 e. The van der Waals surface area contributed by atoms with E-state index in [0.717, 1.165) is 18.7 Å². The molecule has 1 aliphatic rings. The number of likely N-dealkylation sites (N-methyl/N-ethyl adjacent to an activating group) is 1. The lowest BCUT2D eigenvalue weighted by Gasteiger charge is -2.32. The van der Waals surface area contributed by atoms with Crippen molar-refractivity contribution in [2.75, 3.05) is 45.6 Å². The van der Waals surface area contributed by atoms with E-state index in [9.17, 15) is 30.8 Å². The van der Waals surface area contributed by atoms with E-state index in [1.165, 1.54) is 23.1 Å². The Balaban J connectivity index is 0.00000456. The van der Waals surface area contributed by atoms with E-state index < -0.39 is 44.4 Å². The number of rotatable bonds is 8. The predicted molar refractivity (Wildman–Crippen MR) is 131 cm³/mol. The first-order chi connectivity index (χ1) is 16.4. The normalized spacial score (nSPS) is 15.0. The second kappa shape index (κ2) is 12.2. The van der Waals surface area contributed by atoms with Gasteiger partial charge in [0, 0.05) is 37.9 Å². The van der Waals surface area contributed by atoms with Gasteiger partial charge in [-0.25, -0.2) is 17.5 Å². The van der Waals surface area contributed by atoms with Gasteiger partial charge in [0.1, 0.15) is 5.82 Å². The molecule has 0 aliphatic carbocycles. The third-order valence-corrected chi connectivity index (χ3v) is 7.25. The maximum atomic E-state index is 14.6. The van der Waals surface area contributed by atoms with Crippen LogP contribution < -0.4 is 10.0 Å². The van der Waals surface area contributed by atoms with E-state index in [4.69, 9.17) is 0 Å². The summed E-state index contributed by atoms with van der Waals surface area (Å²) >= 11 is 0. The van der Waals surface area contributed by atoms with Crippen molar-refractivity contribution in [3.8, 4) is 0 Å².